The summed E-state index contributed by atoms with van der Waals surface area (Å²) in [6, 6.07) is 0. The van der Waals surface area contributed by atoms with Crippen LogP contribution >= 0.6 is 0 Å². The van der Waals surface area contributed by atoms with E-state index in [1.165, 1.54) is 0 Å². The van der Waals surface area contributed by atoms with Crippen molar-refractivity contribution in [3.8, 4) is 5.88 Å². The molecule has 1 heterocycles. The van der Waals surface area contributed by atoms with Gasteiger partial charge >= 0.3 is 0 Å². The first-order valence-corrected chi connectivity index (χ1v) is 5.66. The zero-order valence-electron chi connectivity index (χ0n) is 10.2. The minimum atomic E-state index is -0.424. The van der Waals surface area contributed by atoms with E-state index in [-0.39, 0.29) is 5.41 Å². The third-order valence-electron chi connectivity index (χ3n) is 3.86. The molecule has 2 N–H and O–H groups in total. The Morgan fingerprint density at radius 3 is 2.50 bits per heavy atom. The third kappa shape index (κ3) is 1.48. The molecule has 2 rings (SSSR count). The molecule has 1 unspecified atom stereocenters. The standard InChI is InChI=1S/C12H19N3O/c1-11(2)5-4-6-12(11,13)9-10(16-3)15-8-7-14-9/h7-8H,4-6,13H2,1-3H3. The lowest BCUT2D eigenvalue weighted by molar-refractivity contribution is 0.196. The lowest BCUT2D eigenvalue weighted by Gasteiger charge is -2.37. The van der Waals surface area contributed by atoms with E-state index in [9.17, 15) is 0 Å². The molecule has 0 aliphatic heterocycles. The second-order valence-electron chi connectivity index (χ2n) is 5.12. The lowest BCUT2D eigenvalue weighted by Crippen LogP contribution is -2.46. The van der Waals surface area contributed by atoms with Crippen molar-refractivity contribution >= 4 is 0 Å². The molecule has 1 fully saturated rings. The first-order valence-electron chi connectivity index (χ1n) is 5.66. The van der Waals surface area contributed by atoms with Crippen molar-refractivity contribution in [1.82, 2.24) is 9.97 Å². The number of nitrogens with two attached hydrogens (primary N) is 1. The molecule has 0 amide bonds. The summed E-state index contributed by atoms with van der Waals surface area (Å²) in [6.45, 7) is 4.38. The Hall–Kier alpha value is -1.16. The highest BCUT2D eigenvalue weighted by atomic mass is 16.5. The maximum atomic E-state index is 6.55. The highest BCUT2D eigenvalue weighted by Crippen LogP contribution is 2.51. The first kappa shape index (κ1) is 11.3. The number of nitrogens with zero attached hydrogens (tertiary/aromatic N) is 2. The van der Waals surface area contributed by atoms with Gasteiger partial charge < -0.3 is 10.5 Å². The minimum absolute atomic E-state index is 0.0380. The van der Waals surface area contributed by atoms with Gasteiger partial charge in [-0.3, -0.25) is 4.98 Å². The van der Waals surface area contributed by atoms with Gasteiger partial charge in [0.1, 0.15) is 5.69 Å². The van der Waals surface area contributed by atoms with E-state index >= 15 is 0 Å². The molecule has 1 saturated carbocycles. The van der Waals surface area contributed by atoms with Crippen molar-refractivity contribution in [2.24, 2.45) is 11.1 Å². The quantitative estimate of drug-likeness (QED) is 0.828. The van der Waals surface area contributed by atoms with E-state index in [0.717, 1.165) is 25.0 Å². The van der Waals surface area contributed by atoms with Crippen molar-refractivity contribution in [2.45, 2.75) is 38.6 Å². The molecule has 1 aromatic rings. The molecule has 1 aliphatic carbocycles. The summed E-state index contributed by atoms with van der Waals surface area (Å²) in [6.07, 6.45) is 6.50. The molecule has 1 atom stereocenters. The number of rotatable bonds is 2. The van der Waals surface area contributed by atoms with E-state index < -0.39 is 5.54 Å². The topological polar surface area (TPSA) is 61.0 Å². The van der Waals surface area contributed by atoms with Crippen LogP contribution in [0.3, 0.4) is 0 Å². The summed E-state index contributed by atoms with van der Waals surface area (Å²) in [7, 11) is 1.61. The SMILES string of the molecule is COc1nccnc1C1(N)CCCC1(C)C. The van der Waals surface area contributed by atoms with Crippen LogP contribution in [0.15, 0.2) is 12.4 Å². The number of aromatic nitrogens is 2. The van der Waals surface area contributed by atoms with Crippen molar-refractivity contribution in [1.29, 1.82) is 0 Å². The van der Waals surface area contributed by atoms with E-state index in [0.29, 0.717) is 5.88 Å². The van der Waals surface area contributed by atoms with Crippen LogP contribution in [0.25, 0.3) is 0 Å². The Balaban J connectivity index is 2.50. The highest BCUT2D eigenvalue weighted by molar-refractivity contribution is 5.29. The zero-order chi connectivity index (χ0) is 11.8. The Morgan fingerprint density at radius 2 is 1.94 bits per heavy atom. The average Bonchev–Trinajstić information content (AvgIpc) is 2.54. The van der Waals surface area contributed by atoms with Gasteiger partial charge in [0, 0.05) is 12.4 Å². The fourth-order valence-electron chi connectivity index (χ4n) is 2.59. The Labute approximate surface area is 96.2 Å². The summed E-state index contributed by atoms with van der Waals surface area (Å²) >= 11 is 0. The molecule has 0 spiro atoms. The van der Waals surface area contributed by atoms with Gasteiger partial charge in [-0.25, -0.2) is 4.98 Å². The Bertz CT molecular complexity index is 392. The molecule has 0 aromatic carbocycles. The molecule has 0 bridgehead atoms. The Morgan fingerprint density at radius 1 is 1.25 bits per heavy atom. The second-order valence-corrected chi connectivity index (χ2v) is 5.12. The summed E-state index contributed by atoms with van der Waals surface area (Å²) in [5.74, 6) is 0.556. The first-order chi connectivity index (χ1) is 7.51. The van der Waals surface area contributed by atoms with Crippen molar-refractivity contribution in [2.75, 3.05) is 7.11 Å². The van der Waals surface area contributed by atoms with Gasteiger partial charge in [0.2, 0.25) is 5.88 Å². The molecule has 1 aromatic heterocycles. The van der Waals surface area contributed by atoms with Gasteiger partial charge in [-0.1, -0.05) is 20.3 Å². The van der Waals surface area contributed by atoms with Crippen LogP contribution in [0.4, 0.5) is 0 Å². The number of ether oxygens (including phenoxy) is 1. The van der Waals surface area contributed by atoms with Gasteiger partial charge in [-0.2, -0.15) is 0 Å². The van der Waals surface area contributed by atoms with Crippen LogP contribution in [0.5, 0.6) is 5.88 Å². The van der Waals surface area contributed by atoms with E-state index in [2.05, 4.69) is 23.8 Å². The number of methoxy groups -OCH3 is 1. The maximum absolute atomic E-state index is 6.55. The molecule has 16 heavy (non-hydrogen) atoms. The van der Waals surface area contributed by atoms with Gasteiger partial charge in [0.05, 0.1) is 12.6 Å². The van der Waals surface area contributed by atoms with Crippen LogP contribution < -0.4 is 10.5 Å². The largest absolute Gasteiger partial charge is 0.480 e. The fraction of sp³-hybridized carbons (Fsp3) is 0.667. The summed E-state index contributed by atoms with van der Waals surface area (Å²) in [5.41, 5.74) is 6.96. The molecule has 88 valence electrons. The molecular formula is C12H19N3O. The normalized spacial score (nSPS) is 28.0. The van der Waals surface area contributed by atoms with Crippen LogP contribution in [0.2, 0.25) is 0 Å². The molecule has 0 radical (unpaired) electrons. The van der Waals surface area contributed by atoms with E-state index in [1.807, 2.05) is 0 Å². The zero-order valence-corrected chi connectivity index (χ0v) is 10.2. The van der Waals surface area contributed by atoms with Crippen molar-refractivity contribution in [3.63, 3.8) is 0 Å². The van der Waals surface area contributed by atoms with Gasteiger partial charge in [-0.05, 0) is 18.3 Å². The molecule has 1 aliphatic rings. The van der Waals surface area contributed by atoms with Crippen LogP contribution in [-0.4, -0.2) is 17.1 Å². The smallest absolute Gasteiger partial charge is 0.237 e. The van der Waals surface area contributed by atoms with Gasteiger partial charge in [0.25, 0.3) is 0 Å². The Kier molecular flexibility index (Phi) is 2.62. The average molecular weight is 221 g/mol. The van der Waals surface area contributed by atoms with E-state index in [1.54, 1.807) is 19.5 Å². The molecule has 4 nitrogen and oxygen atoms in total. The maximum Gasteiger partial charge on any atom is 0.237 e. The summed E-state index contributed by atoms with van der Waals surface area (Å²) in [5, 5.41) is 0. The summed E-state index contributed by atoms with van der Waals surface area (Å²) in [4.78, 5) is 8.57. The van der Waals surface area contributed by atoms with Crippen LogP contribution in [0.1, 0.15) is 38.8 Å². The van der Waals surface area contributed by atoms with Crippen molar-refractivity contribution < 1.29 is 4.74 Å². The second kappa shape index (κ2) is 3.70. The number of hydrogen-bond acceptors (Lipinski definition) is 4. The molecule has 0 saturated heterocycles. The van der Waals surface area contributed by atoms with Crippen LogP contribution in [-0.2, 0) is 5.54 Å². The van der Waals surface area contributed by atoms with E-state index in [4.69, 9.17) is 10.5 Å². The van der Waals surface area contributed by atoms with Gasteiger partial charge in [-0.15, -0.1) is 0 Å². The predicted octanol–water partition coefficient (Wildman–Crippen LogP) is 1.85. The predicted molar refractivity (Wildman–Crippen MR) is 62.1 cm³/mol. The lowest BCUT2D eigenvalue weighted by atomic mass is 9.73. The monoisotopic (exact) mass is 221 g/mol. The highest BCUT2D eigenvalue weighted by Gasteiger charge is 2.49. The molecule has 4 heteroatoms. The van der Waals surface area contributed by atoms with Gasteiger partial charge in [0.15, 0.2) is 0 Å². The van der Waals surface area contributed by atoms with Crippen LogP contribution in [0, 0.1) is 5.41 Å². The third-order valence-corrected chi connectivity index (χ3v) is 3.86. The number of hydrogen-bond donors (Lipinski definition) is 1. The minimum Gasteiger partial charge on any atom is -0.480 e. The molecular weight excluding hydrogens is 202 g/mol. The summed E-state index contributed by atoms with van der Waals surface area (Å²) < 4.78 is 5.26. The fourth-order valence-corrected chi connectivity index (χ4v) is 2.59. The van der Waals surface area contributed by atoms with Crippen molar-refractivity contribution in [3.05, 3.63) is 18.1 Å².